The van der Waals surface area contributed by atoms with Gasteiger partial charge in [0.2, 0.25) is 11.8 Å². The number of hydrogen-bond donors (Lipinski definition) is 1. The molecule has 0 aromatic carbocycles. The number of carbonyl (C=O) groups is 2. The average molecular weight is 443 g/mol. The van der Waals surface area contributed by atoms with E-state index >= 15 is 0 Å². The number of aromatic nitrogens is 4. The molecular formula is C22H34N8O2. The third-order valence-corrected chi connectivity index (χ3v) is 6.49. The zero-order valence-electron chi connectivity index (χ0n) is 19.3. The van der Waals surface area contributed by atoms with Gasteiger partial charge in [-0.3, -0.25) is 19.2 Å². The Labute approximate surface area is 189 Å². The smallest absolute Gasteiger partial charge is 0.236 e. The molecule has 0 saturated carbocycles. The van der Waals surface area contributed by atoms with E-state index in [-0.39, 0.29) is 17.7 Å². The van der Waals surface area contributed by atoms with Crippen LogP contribution in [-0.4, -0.2) is 93.7 Å². The van der Waals surface area contributed by atoms with E-state index in [0.29, 0.717) is 32.1 Å². The standard InChI is InChI=1S/C22H34N8O2/c1-16(2)22(32)23-11-17-5-4-6-28(13-17)14-19(31)29-7-9-30(10-8-29)21-18-12-26-27(3)20(18)24-15-25-21/h12,15-17H,4-11,13-14H2,1-3H3,(H,23,32). The van der Waals surface area contributed by atoms with E-state index in [1.54, 1.807) is 17.2 Å². The van der Waals surface area contributed by atoms with Crippen molar-refractivity contribution in [3.05, 3.63) is 12.5 Å². The van der Waals surface area contributed by atoms with Crippen LogP contribution in [0.25, 0.3) is 11.0 Å². The number of carbonyl (C=O) groups excluding carboxylic acids is 2. The molecular weight excluding hydrogens is 408 g/mol. The number of nitrogens with one attached hydrogen (secondary N) is 1. The van der Waals surface area contributed by atoms with Gasteiger partial charge < -0.3 is 15.1 Å². The van der Waals surface area contributed by atoms with E-state index < -0.39 is 0 Å². The lowest BCUT2D eigenvalue weighted by molar-refractivity contribution is -0.133. The summed E-state index contributed by atoms with van der Waals surface area (Å²) < 4.78 is 1.75. The maximum Gasteiger partial charge on any atom is 0.236 e. The van der Waals surface area contributed by atoms with Gasteiger partial charge in [-0.1, -0.05) is 13.8 Å². The van der Waals surface area contributed by atoms with Crippen LogP contribution in [0.3, 0.4) is 0 Å². The number of piperazine rings is 1. The van der Waals surface area contributed by atoms with Crippen LogP contribution in [0.2, 0.25) is 0 Å². The molecule has 32 heavy (non-hydrogen) atoms. The molecule has 1 unspecified atom stereocenters. The van der Waals surface area contributed by atoms with Crippen LogP contribution < -0.4 is 10.2 Å². The molecule has 10 heteroatoms. The minimum atomic E-state index is 0.00605. The Morgan fingerprint density at radius 3 is 2.69 bits per heavy atom. The molecule has 4 heterocycles. The predicted molar refractivity (Wildman–Crippen MR) is 122 cm³/mol. The number of amides is 2. The number of aryl methyl sites for hydroxylation is 1. The van der Waals surface area contributed by atoms with Crippen molar-refractivity contribution in [2.75, 3.05) is 57.3 Å². The number of anilines is 1. The number of nitrogens with zero attached hydrogens (tertiary/aromatic N) is 7. The third-order valence-electron chi connectivity index (χ3n) is 6.49. The topological polar surface area (TPSA) is 99.5 Å². The number of piperidine rings is 1. The second kappa shape index (κ2) is 9.81. The Balaban J connectivity index is 1.27. The second-order valence-corrected chi connectivity index (χ2v) is 9.21. The fourth-order valence-electron chi connectivity index (χ4n) is 4.57. The first-order valence-electron chi connectivity index (χ1n) is 11.6. The summed E-state index contributed by atoms with van der Waals surface area (Å²) in [6, 6.07) is 0. The van der Waals surface area contributed by atoms with Crippen LogP contribution in [0, 0.1) is 11.8 Å². The fraction of sp³-hybridized carbons (Fsp3) is 0.682. The second-order valence-electron chi connectivity index (χ2n) is 9.21. The van der Waals surface area contributed by atoms with Gasteiger partial charge in [-0.05, 0) is 25.3 Å². The summed E-state index contributed by atoms with van der Waals surface area (Å²) in [5.41, 5.74) is 0.817. The van der Waals surface area contributed by atoms with Crippen molar-refractivity contribution >= 4 is 28.7 Å². The summed E-state index contributed by atoms with van der Waals surface area (Å²) in [6.07, 6.45) is 5.55. The molecule has 0 spiro atoms. The quantitative estimate of drug-likeness (QED) is 0.695. The number of fused-ring (bicyclic) bond motifs is 1. The molecule has 2 fully saturated rings. The van der Waals surface area contributed by atoms with Gasteiger partial charge in [0.1, 0.15) is 12.1 Å². The molecule has 2 aromatic rings. The van der Waals surface area contributed by atoms with Crippen molar-refractivity contribution in [1.82, 2.24) is 34.9 Å². The van der Waals surface area contributed by atoms with Crippen molar-refractivity contribution in [1.29, 1.82) is 0 Å². The highest BCUT2D eigenvalue weighted by molar-refractivity contribution is 5.87. The average Bonchev–Trinajstić information content (AvgIpc) is 3.18. The summed E-state index contributed by atoms with van der Waals surface area (Å²) in [6.45, 7) is 9.64. The predicted octanol–water partition coefficient (Wildman–Crippen LogP) is 0.496. The molecule has 2 aliphatic heterocycles. The maximum absolute atomic E-state index is 12.9. The Bertz CT molecular complexity index is 951. The SMILES string of the molecule is CC(C)C(=O)NCC1CCCN(CC(=O)N2CCN(c3ncnc4c3cnn4C)CC2)C1. The van der Waals surface area contributed by atoms with Crippen LogP contribution in [0.1, 0.15) is 26.7 Å². The number of likely N-dealkylation sites (tertiary alicyclic amines) is 1. The van der Waals surface area contributed by atoms with Crippen molar-refractivity contribution in [3.63, 3.8) is 0 Å². The Morgan fingerprint density at radius 1 is 1.16 bits per heavy atom. The molecule has 10 nitrogen and oxygen atoms in total. The minimum Gasteiger partial charge on any atom is -0.356 e. The molecule has 2 aliphatic rings. The normalized spacial score (nSPS) is 20.2. The van der Waals surface area contributed by atoms with Gasteiger partial charge in [0.25, 0.3) is 0 Å². The summed E-state index contributed by atoms with van der Waals surface area (Å²) >= 11 is 0. The van der Waals surface area contributed by atoms with Gasteiger partial charge in [-0.2, -0.15) is 5.10 Å². The van der Waals surface area contributed by atoms with E-state index in [4.69, 9.17) is 0 Å². The zero-order valence-corrected chi connectivity index (χ0v) is 19.3. The monoisotopic (exact) mass is 442 g/mol. The molecule has 2 aromatic heterocycles. The number of rotatable bonds is 6. The summed E-state index contributed by atoms with van der Waals surface area (Å²) in [5, 5.41) is 8.28. The highest BCUT2D eigenvalue weighted by atomic mass is 16.2. The Morgan fingerprint density at radius 2 is 1.94 bits per heavy atom. The van der Waals surface area contributed by atoms with Crippen molar-refractivity contribution in [2.24, 2.45) is 18.9 Å². The van der Waals surface area contributed by atoms with E-state index in [0.717, 1.165) is 55.9 Å². The van der Waals surface area contributed by atoms with Gasteiger partial charge in [-0.25, -0.2) is 9.97 Å². The van der Waals surface area contributed by atoms with Crippen LogP contribution in [0.15, 0.2) is 12.5 Å². The van der Waals surface area contributed by atoms with Gasteiger partial charge in [0, 0.05) is 52.2 Å². The van der Waals surface area contributed by atoms with E-state index in [1.165, 1.54) is 0 Å². The molecule has 174 valence electrons. The highest BCUT2D eigenvalue weighted by Gasteiger charge is 2.27. The first kappa shape index (κ1) is 22.4. The molecule has 1 N–H and O–H groups in total. The summed E-state index contributed by atoms with van der Waals surface area (Å²) in [7, 11) is 1.87. The molecule has 0 radical (unpaired) electrons. The van der Waals surface area contributed by atoms with Crippen LogP contribution in [0.4, 0.5) is 5.82 Å². The molecule has 2 amide bonds. The summed E-state index contributed by atoms with van der Waals surface area (Å²) in [4.78, 5) is 40.0. The zero-order chi connectivity index (χ0) is 22.7. The van der Waals surface area contributed by atoms with Crippen LogP contribution in [0.5, 0.6) is 0 Å². The van der Waals surface area contributed by atoms with E-state index in [1.807, 2.05) is 25.8 Å². The maximum atomic E-state index is 12.9. The first-order chi connectivity index (χ1) is 15.4. The molecule has 2 saturated heterocycles. The Hall–Kier alpha value is -2.75. The van der Waals surface area contributed by atoms with E-state index in [9.17, 15) is 9.59 Å². The first-order valence-corrected chi connectivity index (χ1v) is 11.6. The van der Waals surface area contributed by atoms with Crippen LogP contribution in [-0.2, 0) is 16.6 Å². The van der Waals surface area contributed by atoms with Crippen molar-refractivity contribution in [3.8, 4) is 0 Å². The van der Waals surface area contributed by atoms with Gasteiger partial charge in [0.15, 0.2) is 5.65 Å². The lowest BCUT2D eigenvalue weighted by Gasteiger charge is -2.38. The van der Waals surface area contributed by atoms with Gasteiger partial charge in [0.05, 0.1) is 18.1 Å². The minimum absolute atomic E-state index is 0.00605. The third kappa shape index (κ3) is 5.01. The number of hydrogen-bond acceptors (Lipinski definition) is 7. The molecule has 1 atom stereocenters. The van der Waals surface area contributed by atoms with Gasteiger partial charge in [-0.15, -0.1) is 0 Å². The van der Waals surface area contributed by atoms with Crippen molar-refractivity contribution in [2.45, 2.75) is 26.7 Å². The van der Waals surface area contributed by atoms with Crippen molar-refractivity contribution < 1.29 is 9.59 Å². The highest BCUT2D eigenvalue weighted by Crippen LogP contribution is 2.23. The van der Waals surface area contributed by atoms with Crippen LogP contribution >= 0.6 is 0 Å². The largest absolute Gasteiger partial charge is 0.356 e. The molecule has 0 bridgehead atoms. The molecule has 0 aliphatic carbocycles. The Kier molecular flexibility index (Phi) is 6.88. The fourth-order valence-corrected chi connectivity index (χ4v) is 4.57. The van der Waals surface area contributed by atoms with Gasteiger partial charge >= 0.3 is 0 Å². The lowest BCUT2D eigenvalue weighted by Crippen LogP contribution is -2.52. The lowest BCUT2D eigenvalue weighted by atomic mass is 9.97. The summed E-state index contributed by atoms with van der Waals surface area (Å²) in [5.74, 6) is 1.59. The van der Waals surface area contributed by atoms with E-state index in [2.05, 4.69) is 30.2 Å². The molecule has 4 rings (SSSR count).